The summed E-state index contributed by atoms with van der Waals surface area (Å²) in [6.45, 7) is 10.7. The number of H-pyrrole nitrogens is 1. The van der Waals surface area contributed by atoms with Gasteiger partial charge in [0.25, 0.3) is 5.91 Å². The molecule has 1 aromatic heterocycles. The van der Waals surface area contributed by atoms with Gasteiger partial charge in [-0.15, -0.1) is 0 Å². The molecule has 0 spiro atoms. The van der Waals surface area contributed by atoms with E-state index in [1.165, 1.54) is 37.9 Å². The minimum atomic E-state index is -0.00700. The SMILES string of the molecule is CC(=Nc1ccc(CN2CCCCC2)cc1)c1c(O)[nH]c2ccccc12.CCN(CC)C(=O)c1ccc2c(c1)CC(=O)N2. The quantitative estimate of drug-likeness (QED) is 0.213. The van der Waals surface area contributed by atoms with Gasteiger partial charge in [0.1, 0.15) is 0 Å². The van der Waals surface area contributed by atoms with Crippen LogP contribution >= 0.6 is 0 Å². The molecule has 224 valence electrons. The van der Waals surface area contributed by atoms with E-state index in [2.05, 4.69) is 39.5 Å². The van der Waals surface area contributed by atoms with E-state index in [-0.39, 0.29) is 17.7 Å². The number of aromatic hydroxyl groups is 1. The number of piperidine rings is 1. The number of hydrogen-bond acceptors (Lipinski definition) is 5. The van der Waals surface area contributed by atoms with Gasteiger partial charge in [0.15, 0.2) is 5.88 Å². The summed E-state index contributed by atoms with van der Waals surface area (Å²) < 4.78 is 0. The second-order valence-corrected chi connectivity index (χ2v) is 11.2. The second kappa shape index (κ2) is 13.7. The highest BCUT2D eigenvalue weighted by Gasteiger charge is 2.20. The largest absolute Gasteiger partial charge is 0.494 e. The van der Waals surface area contributed by atoms with E-state index in [1.807, 2.05) is 51.1 Å². The zero-order valence-corrected chi connectivity index (χ0v) is 25.3. The molecule has 3 aromatic carbocycles. The minimum Gasteiger partial charge on any atom is -0.494 e. The van der Waals surface area contributed by atoms with Crippen LogP contribution in [-0.4, -0.2) is 63.6 Å². The Bertz CT molecular complexity index is 1610. The van der Waals surface area contributed by atoms with Crippen LogP contribution in [0.2, 0.25) is 0 Å². The van der Waals surface area contributed by atoms with Gasteiger partial charge in [-0.05, 0) is 94.2 Å². The molecule has 0 aliphatic carbocycles. The number of para-hydroxylation sites is 1. The van der Waals surface area contributed by atoms with Crippen molar-refractivity contribution in [1.82, 2.24) is 14.8 Å². The molecule has 43 heavy (non-hydrogen) atoms. The Morgan fingerprint density at radius 2 is 1.70 bits per heavy atom. The summed E-state index contributed by atoms with van der Waals surface area (Å²) in [7, 11) is 0. The van der Waals surface area contributed by atoms with Crippen LogP contribution < -0.4 is 5.32 Å². The van der Waals surface area contributed by atoms with Crippen LogP contribution in [0.15, 0.2) is 71.7 Å². The van der Waals surface area contributed by atoms with E-state index in [9.17, 15) is 14.7 Å². The van der Waals surface area contributed by atoms with Gasteiger partial charge in [0.2, 0.25) is 5.91 Å². The van der Waals surface area contributed by atoms with E-state index in [0.29, 0.717) is 25.1 Å². The van der Waals surface area contributed by atoms with Gasteiger partial charge in [0.05, 0.1) is 23.4 Å². The number of hydrogen-bond donors (Lipinski definition) is 3. The number of anilines is 1. The average molecular weight is 580 g/mol. The summed E-state index contributed by atoms with van der Waals surface area (Å²) in [6, 6.07) is 21.7. The number of rotatable bonds is 7. The zero-order chi connectivity index (χ0) is 30.3. The summed E-state index contributed by atoms with van der Waals surface area (Å²) in [5.74, 6) is 0.193. The van der Waals surface area contributed by atoms with Crippen LogP contribution in [0.25, 0.3) is 10.9 Å². The van der Waals surface area contributed by atoms with Crippen LogP contribution in [0.1, 0.15) is 67.1 Å². The van der Waals surface area contributed by atoms with E-state index >= 15 is 0 Å². The highest BCUT2D eigenvalue weighted by molar-refractivity contribution is 6.12. The van der Waals surface area contributed by atoms with Crippen molar-refractivity contribution in [2.75, 3.05) is 31.5 Å². The van der Waals surface area contributed by atoms with Crippen LogP contribution in [0.4, 0.5) is 11.4 Å². The summed E-state index contributed by atoms with van der Waals surface area (Å²) >= 11 is 0. The molecule has 2 amide bonds. The fourth-order valence-electron chi connectivity index (χ4n) is 5.85. The fourth-order valence-corrected chi connectivity index (χ4v) is 5.85. The first-order valence-electron chi connectivity index (χ1n) is 15.2. The number of aromatic amines is 1. The van der Waals surface area contributed by atoms with Crippen molar-refractivity contribution in [3.05, 3.63) is 89.0 Å². The Labute approximate surface area is 253 Å². The normalized spacial score (nSPS) is 15.0. The molecule has 4 aromatic rings. The number of aromatic nitrogens is 1. The first kappa shape index (κ1) is 30.0. The molecule has 0 saturated carbocycles. The number of nitrogens with one attached hydrogen (secondary N) is 2. The minimum absolute atomic E-state index is 0.00700. The predicted molar refractivity (Wildman–Crippen MR) is 173 cm³/mol. The highest BCUT2D eigenvalue weighted by atomic mass is 16.3. The van der Waals surface area contributed by atoms with Gasteiger partial charge in [-0.25, -0.2) is 0 Å². The third kappa shape index (κ3) is 7.14. The van der Waals surface area contributed by atoms with Crippen molar-refractivity contribution in [1.29, 1.82) is 0 Å². The maximum atomic E-state index is 12.1. The molecule has 6 rings (SSSR count). The molecule has 8 heteroatoms. The van der Waals surface area contributed by atoms with Crippen LogP contribution in [0, 0.1) is 0 Å². The van der Waals surface area contributed by atoms with Gasteiger partial charge in [-0.1, -0.05) is 36.8 Å². The Balaban J connectivity index is 0.000000188. The zero-order valence-electron chi connectivity index (χ0n) is 25.3. The topological polar surface area (TPSA) is 101 Å². The van der Waals surface area contributed by atoms with E-state index in [4.69, 9.17) is 4.99 Å². The molecule has 3 heterocycles. The monoisotopic (exact) mass is 579 g/mol. The summed E-state index contributed by atoms with van der Waals surface area (Å²) in [4.78, 5) is 35.4. The van der Waals surface area contributed by atoms with Gasteiger partial charge >= 0.3 is 0 Å². The molecule has 3 N–H and O–H groups in total. The lowest BCUT2D eigenvalue weighted by molar-refractivity contribution is -0.115. The number of carbonyl (C=O) groups is 2. The Kier molecular flexibility index (Phi) is 9.57. The molecule has 0 unspecified atom stereocenters. The number of carbonyl (C=O) groups excluding carboxylic acids is 2. The molecule has 2 aliphatic heterocycles. The molecule has 0 atom stereocenters. The Hall–Kier alpha value is -4.43. The Morgan fingerprint density at radius 3 is 2.42 bits per heavy atom. The average Bonchev–Trinajstić information content (AvgIpc) is 3.56. The third-order valence-electron chi connectivity index (χ3n) is 8.16. The second-order valence-electron chi connectivity index (χ2n) is 11.2. The maximum absolute atomic E-state index is 12.1. The number of amides is 2. The lowest BCUT2D eigenvalue weighted by Gasteiger charge is -2.26. The molecule has 1 saturated heterocycles. The number of nitrogens with zero attached hydrogens (tertiary/aromatic N) is 3. The van der Waals surface area contributed by atoms with Gasteiger partial charge in [0, 0.05) is 41.8 Å². The molecular formula is C35H41N5O3. The number of fused-ring (bicyclic) bond motifs is 2. The number of likely N-dealkylation sites (tertiary alicyclic amines) is 1. The highest BCUT2D eigenvalue weighted by Crippen LogP contribution is 2.29. The van der Waals surface area contributed by atoms with E-state index < -0.39 is 0 Å². The molecule has 8 nitrogen and oxygen atoms in total. The summed E-state index contributed by atoms with van der Waals surface area (Å²) in [5, 5.41) is 14.0. The Morgan fingerprint density at radius 1 is 0.977 bits per heavy atom. The van der Waals surface area contributed by atoms with Crippen molar-refractivity contribution in [2.45, 2.75) is 53.0 Å². The standard InChI is InChI=1S/C22H25N3O.C13H16N2O2/c1-16(21-19-7-3-4-8-20(19)24-22(21)26)23-18-11-9-17(10-12-18)15-25-13-5-2-6-14-25;1-3-15(4-2)13(17)9-5-6-11-10(7-9)8-12(16)14-11/h3-4,7-12,24,26H,2,5-6,13-15H2,1H3;5-7H,3-4,8H2,1-2H3,(H,14,16). The summed E-state index contributed by atoms with van der Waals surface area (Å²) in [6.07, 6.45) is 4.37. The van der Waals surface area contributed by atoms with Crippen LogP contribution in [0.3, 0.4) is 0 Å². The van der Waals surface area contributed by atoms with Crippen LogP contribution in [-0.2, 0) is 17.8 Å². The van der Waals surface area contributed by atoms with Crippen molar-refractivity contribution >= 4 is 39.8 Å². The van der Waals surface area contributed by atoms with Crippen molar-refractivity contribution in [2.24, 2.45) is 4.99 Å². The lowest BCUT2D eigenvalue weighted by Crippen LogP contribution is -2.30. The lowest BCUT2D eigenvalue weighted by atomic mass is 10.1. The number of benzene rings is 3. The molecule has 0 bridgehead atoms. The maximum Gasteiger partial charge on any atom is 0.253 e. The molecular weight excluding hydrogens is 538 g/mol. The summed E-state index contributed by atoms with van der Waals surface area (Å²) in [5.41, 5.74) is 7.14. The van der Waals surface area contributed by atoms with Gasteiger partial charge in [-0.3, -0.25) is 19.5 Å². The van der Waals surface area contributed by atoms with Crippen molar-refractivity contribution in [3.8, 4) is 5.88 Å². The number of aliphatic imine (C=N–C) groups is 1. The van der Waals surface area contributed by atoms with Crippen molar-refractivity contribution in [3.63, 3.8) is 0 Å². The molecule has 1 fully saturated rings. The first-order valence-corrected chi connectivity index (χ1v) is 15.2. The van der Waals surface area contributed by atoms with Crippen LogP contribution in [0.5, 0.6) is 5.88 Å². The molecule has 2 aliphatic rings. The third-order valence-corrected chi connectivity index (χ3v) is 8.16. The van der Waals surface area contributed by atoms with E-state index in [1.54, 1.807) is 17.0 Å². The van der Waals surface area contributed by atoms with Gasteiger partial charge < -0.3 is 20.3 Å². The predicted octanol–water partition coefficient (Wildman–Crippen LogP) is 6.66. The smallest absolute Gasteiger partial charge is 0.253 e. The van der Waals surface area contributed by atoms with E-state index in [0.717, 1.165) is 45.7 Å². The van der Waals surface area contributed by atoms with Gasteiger partial charge in [-0.2, -0.15) is 0 Å². The first-order chi connectivity index (χ1) is 20.9. The molecule has 0 radical (unpaired) electrons. The van der Waals surface area contributed by atoms with Crippen molar-refractivity contribution < 1.29 is 14.7 Å². The fraction of sp³-hybridized carbons (Fsp3) is 0.343.